The summed E-state index contributed by atoms with van der Waals surface area (Å²) >= 11 is -2.25. The van der Waals surface area contributed by atoms with E-state index in [2.05, 4.69) is 24.1 Å². The maximum atomic E-state index is 6.62. The molecular weight excluding hydrogens is 339 g/mol. The van der Waals surface area contributed by atoms with E-state index in [-0.39, 0.29) is 0 Å². The Morgan fingerprint density at radius 2 is 0.810 bits per heavy atom. The van der Waals surface area contributed by atoms with Gasteiger partial charge in [0, 0.05) is 0 Å². The zero-order valence-corrected chi connectivity index (χ0v) is 18.1. The second kappa shape index (κ2) is 12.3. The fourth-order valence-electron chi connectivity index (χ4n) is 2.84. The standard InChI is InChI=1S/C19H42AsCl/c1-5-6-7-8-9-10-11-12-13-14-15-16-17-18-19-20(2,3,4)21/h5-19H2,1-4H3. The quantitative estimate of drug-likeness (QED) is 0.197. The number of rotatable bonds is 15. The van der Waals surface area contributed by atoms with Gasteiger partial charge >= 0.3 is 114 Å². The van der Waals surface area contributed by atoms with Crippen molar-refractivity contribution in [3.05, 3.63) is 0 Å². The fourth-order valence-corrected chi connectivity index (χ4v) is 6.17. The summed E-state index contributed by atoms with van der Waals surface area (Å²) in [6.07, 6.45) is 20.1. The van der Waals surface area contributed by atoms with Crippen LogP contribution in [0.15, 0.2) is 0 Å². The molecule has 0 unspecified atom stereocenters. The molecule has 0 saturated heterocycles. The second-order valence-corrected chi connectivity index (χ2v) is 27.9. The van der Waals surface area contributed by atoms with Crippen molar-refractivity contribution in [2.75, 3.05) is 0 Å². The van der Waals surface area contributed by atoms with Crippen molar-refractivity contribution in [1.29, 1.82) is 0 Å². The number of hydrogen-bond donors (Lipinski definition) is 0. The predicted octanol–water partition coefficient (Wildman–Crippen LogP) is 8.50. The Morgan fingerprint density at radius 1 is 0.524 bits per heavy atom. The average molecular weight is 381 g/mol. The van der Waals surface area contributed by atoms with E-state index in [1.807, 2.05) is 0 Å². The Labute approximate surface area is 140 Å². The Morgan fingerprint density at radius 3 is 1.10 bits per heavy atom. The topological polar surface area (TPSA) is 0 Å². The van der Waals surface area contributed by atoms with Crippen LogP contribution in [-0.4, -0.2) is 11.5 Å². The van der Waals surface area contributed by atoms with E-state index in [1.54, 1.807) is 0 Å². The second-order valence-electron chi connectivity index (χ2n) is 8.24. The monoisotopic (exact) mass is 380 g/mol. The molecule has 130 valence electrons. The molecule has 0 nitrogen and oxygen atoms in total. The summed E-state index contributed by atoms with van der Waals surface area (Å²) in [5, 5.41) is 1.30. The summed E-state index contributed by atoms with van der Waals surface area (Å²) in [6.45, 7) is 2.29. The molecule has 0 N–H and O–H groups in total. The van der Waals surface area contributed by atoms with Gasteiger partial charge in [-0.05, 0) is 0 Å². The average Bonchev–Trinajstić information content (AvgIpc) is 2.37. The first-order valence-corrected chi connectivity index (χ1v) is 19.0. The van der Waals surface area contributed by atoms with Crippen LogP contribution in [0.1, 0.15) is 96.8 Å². The van der Waals surface area contributed by atoms with E-state index < -0.39 is 11.5 Å². The van der Waals surface area contributed by atoms with Gasteiger partial charge in [-0.15, -0.1) is 0 Å². The van der Waals surface area contributed by atoms with Crippen LogP contribution in [0.2, 0.25) is 22.3 Å². The minimum absolute atomic E-state index is 1.30. The summed E-state index contributed by atoms with van der Waals surface area (Å²) in [7, 11) is 6.62. The van der Waals surface area contributed by atoms with E-state index >= 15 is 0 Å². The van der Waals surface area contributed by atoms with Crippen molar-refractivity contribution >= 4 is 21.5 Å². The van der Waals surface area contributed by atoms with Gasteiger partial charge in [-0.3, -0.25) is 0 Å². The van der Waals surface area contributed by atoms with Gasteiger partial charge in [0.1, 0.15) is 0 Å². The SMILES string of the molecule is CCCCCCCCCCCCCCCC[As](C)(C)(C)Cl. The Balaban J connectivity index is 3.10. The van der Waals surface area contributed by atoms with Crippen molar-refractivity contribution in [1.82, 2.24) is 0 Å². The first-order valence-electron chi connectivity index (χ1n) is 9.53. The zero-order valence-electron chi connectivity index (χ0n) is 15.4. The summed E-state index contributed by atoms with van der Waals surface area (Å²) < 4.78 is 0. The molecular formula is C19H42AsCl. The molecule has 0 spiro atoms. The molecule has 0 aliphatic carbocycles. The van der Waals surface area contributed by atoms with Gasteiger partial charge in [0.05, 0.1) is 0 Å². The molecule has 0 aromatic rings. The predicted molar refractivity (Wildman–Crippen MR) is 104 cm³/mol. The molecule has 0 bridgehead atoms. The van der Waals surface area contributed by atoms with E-state index in [1.165, 1.54) is 95.1 Å². The summed E-state index contributed by atoms with van der Waals surface area (Å²) in [6, 6.07) is 0. The molecule has 0 aliphatic rings. The first-order chi connectivity index (χ1) is 9.81. The van der Waals surface area contributed by atoms with Crippen LogP contribution in [0.5, 0.6) is 0 Å². The van der Waals surface area contributed by atoms with Gasteiger partial charge in [-0.1, -0.05) is 26.2 Å². The third kappa shape index (κ3) is 20.8. The number of unbranched alkanes of at least 4 members (excludes halogenated alkanes) is 13. The van der Waals surface area contributed by atoms with Crippen LogP contribution in [-0.2, 0) is 0 Å². The van der Waals surface area contributed by atoms with E-state index in [0.29, 0.717) is 0 Å². The Bertz CT molecular complexity index is 220. The summed E-state index contributed by atoms with van der Waals surface area (Å²) in [4.78, 5) is 0. The first kappa shape index (κ1) is 21.8. The van der Waals surface area contributed by atoms with Crippen LogP contribution < -0.4 is 0 Å². The molecule has 21 heavy (non-hydrogen) atoms. The molecule has 0 radical (unpaired) electrons. The van der Waals surface area contributed by atoms with Gasteiger partial charge < -0.3 is 0 Å². The molecule has 0 fully saturated rings. The molecule has 2 heteroatoms. The van der Waals surface area contributed by atoms with Crippen molar-refractivity contribution in [2.45, 2.75) is 119 Å². The third-order valence-corrected chi connectivity index (χ3v) is 8.98. The van der Waals surface area contributed by atoms with E-state index in [4.69, 9.17) is 9.95 Å². The van der Waals surface area contributed by atoms with Crippen LogP contribution in [0, 0.1) is 0 Å². The van der Waals surface area contributed by atoms with Gasteiger partial charge in [0.25, 0.3) is 0 Å². The molecule has 0 saturated carbocycles. The molecule has 0 aliphatic heterocycles. The maximum absolute atomic E-state index is 6.62. The normalized spacial score (nSPS) is 14.0. The van der Waals surface area contributed by atoms with Gasteiger partial charge in [0.15, 0.2) is 0 Å². The third-order valence-electron chi connectivity index (χ3n) is 4.27. The van der Waals surface area contributed by atoms with Crippen LogP contribution >= 0.6 is 9.95 Å². The molecule has 0 aromatic carbocycles. The van der Waals surface area contributed by atoms with E-state index in [0.717, 1.165) is 0 Å². The molecule has 0 heterocycles. The fraction of sp³-hybridized carbons (Fsp3) is 1.00. The van der Waals surface area contributed by atoms with Crippen molar-refractivity contribution in [3.63, 3.8) is 0 Å². The zero-order chi connectivity index (χ0) is 16.1. The molecule has 0 rings (SSSR count). The Hall–Kier alpha value is 0.848. The van der Waals surface area contributed by atoms with E-state index in [9.17, 15) is 0 Å². The Kier molecular flexibility index (Phi) is 12.8. The van der Waals surface area contributed by atoms with Gasteiger partial charge in [0.2, 0.25) is 0 Å². The molecule has 0 aromatic heterocycles. The molecule has 0 atom stereocenters. The van der Waals surface area contributed by atoms with Crippen LogP contribution in [0.3, 0.4) is 0 Å². The molecule has 0 amide bonds. The minimum atomic E-state index is -2.25. The van der Waals surface area contributed by atoms with Crippen LogP contribution in [0.4, 0.5) is 0 Å². The van der Waals surface area contributed by atoms with Gasteiger partial charge in [-0.25, -0.2) is 0 Å². The van der Waals surface area contributed by atoms with Gasteiger partial charge in [-0.2, -0.15) is 0 Å². The summed E-state index contributed by atoms with van der Waals surface area (Å²) in [5.74, 6) is 0. The van der Waals surface area contributed by atoms with Crippen molar-refractivity contribution in [3.8, 4) is 0 Å². The van der Waals surface area contributed by atoms with Crippen molar-refractivity contribution < 1.29 is 0 Å². The number of halogens is 1. The van der Waals surface area contributed by atoms with Crippen LogP contribution in [0.25, 0.3) is 0 Å². The summed E-state index contributed by atoms with van der Waals surface area (Å²) in [5.41, 5.74) is 6.97. The number of hydrogen-bond acceptors (Lipinski definition) is 0. The van der Waals surface area contributed by atoms with Crippen molar-refractivity contribution in [2.24, 2.45) is 0 Å².